The molecule has 0 aliphatic rings. The number of nitrogens with one attached hydrogen (secondary N) is 1. The normalized spacial score (nSPS) is 12.3. The molecule has 1 aromatic carbocycles. The number of rotatable bonds is 5. The number of carbonyl (C=O) groups is 1. The molecule has 30 heavy (non-hydrogen) atoms. The number of anilines is 1. The fourth-order valence-corrected chi connectivity index (χ4v) is 2.46. The minimum atomic E-state index is -4.84. The standard InChI is InChI=1S/C18H12F4N6O2/c19-11-3-1-10(2-4-11)15-8-28(27-26-15)9-16(29)17(30)25-12-5-13(18(20,21)22)14(6-23)24-7-12/h1-5,7-8,16,29H,9H2,(H,25,30). The van der Waals surface area contributed by atoms with Crippen LogP contribution in [0, 0.1) is 17.1 Å². The Bertz CT molecular complexity index is 1110. The van der Waals surface area contributed by atoms with Crippen molar-refractivity contribution in [3.63, 3.8) is 0 Å². The van der Waals surface area contributed by atoms with Gasteiger partial charge >= 0.3 is 6.18 Å². The molecule has 0 aliphatic heterocycles. The number of pyridine rings is 1. The number of carbonyl (C=O) groups excluding carboxylic acids is 1. The van der Waals surface area contributed by atoms with Gasteiger partial charge in [-0.25, -0.2) is 14.1 Å². The van der Waals surface area contributed by atoms with E-state index in [1.54, 1.807) is 0 Å². The fraction of sp³-hybridized carbons (Fsp3) is 0.167. The molecule has 0 spiro atoms. The van der Waals surface area contributed by atoms with E-state index in [9.17, 15) is 27.5 Å². The summed E-state index contributed by atoms with van der Waals surface area (Å²) in [5.41, 5.74) is -1.55. The van der Waals surface area contributed by atoms with E-state index in [0.717, 1.165) is 10.9 Å². The maximum Gasteiger partial charge on any atom is 0.419 e. The van der Waals surface area contributed by atoms with Crippen molar-refractivity contribution in [3.05, 3.63) is 59.8 Å². The number of aliphatic hydroxyl groups excluding tert-OH is 1. The van der Waals surface area contributed by atoms with Gasteiger partial charge in [-0.1, -0.05) is 5.21 Å². The Balaban J connectivity index is 1.68. The smallest absolute Gasteiger partial charge is 0.381 e. The number of nitriles is 1. The third-order valence-corrected chi connectivity index (χ3v) is 3.91. The number of aliphatic hydroxyl groups is 1. The number of hydrogen-bond donors (Lipinski definition) is 2. The lowest BCUT2D eigenvalue weighted by molar-refractivity contribution is -0.138. The van der Waals surface area contributed by atoms with E-state index in [4.69, 9.17) is 5.26 Å². The maximum absolute atomic E-state index is 13.0. The van der Waals surface area contributed by atoms with Crippen LogP contribution in [-0.2, 0) is 17.5 Å². The second-order valence-electron chi connectivity index (χ2n) is 6.07. The van der Waals surface area contributed by atoms with E-state index in [0.29, 0.717) is 17.3 Å². The summed E-state index contributed by atoms with van der Waals surface area (Å²) in [4.78, 5) is 15.5. The van der Waals surface area contributed by atoms with E-state index in [-0.39, 0.29) is 12.2 Å². The highest BCUT2D eigenvalue weighted by atomic mass is 19.4. The van der Waals surface area contributed by atoms with Crippen molar-refractivity contribution in [1.29, 1.82) is 5.26 Å². The summed E-state index contributed by atoms with van der Waals surface area (Å²) in [7, 11) is 0. The van der Waals surface area contributed by atoms with Gasteiger partial charge in [0.15, 0.2) is 11.8 Å². The van der Waals surface area contributed by atoms with Gasteiger partial charge in [0.1, 0.15) is 17.6 Å². The number of aromatic nitrogens is 4. The van der Waals surface area contributed by atoms with Crippen molar-refractivity contribution in [2.75, 3.05) is 5.32 Å². The van der Waals surface area contributed by atoms with Crippen LogP contribution in [0.15, 0.2) is 42.7 Å². The van der Waals surface area contributed by atoms with Gasteiger partial charge in [0, 0.05) is 5.56 Å². The molecule has 2 aromatic heterocycles. The first-order valence-corrected chi connectivity index (χ1v) is 8.29. The Morgan fingerprint density at radius 2 is 2.00 bits per heavy atom. The lowest BCUT2D eigenvalue weighted by Gasteiger charge is -2.13. The van der Waals surface area contributed by atoms with Gasteiger partial charge in [0.2, 0.25) is 0 Å². The molecule has 0 radical (unpaired) electrons. The van der Waals surface area contributed by atoms with Gasteiger partial charge in [-0.2, -0.15) is 18.4 Å². The highest BCUT2D eigenvalue weighted by Crippen LogP contribution is 2.32. The number of benzene rings is 1. The molecular weight excluding hydrogens is 408 g/mol. The van der Waals surface area contributed by atoms with Crippen molar-refractivity contribution in [3.8, 4) is 17.3 Å². The predicted octanol–water partition coefficient (Wildman–Crippen LogP) is 2.37. The number of halogens is 4. The summed E-state index contributed by atoms with van der Waals surface area (Å²) < 4.78 is 53.0. The zero-order valence-corrected chi connectivity index (χ0v) is 14.9. The average molecular weight is 420 g/mol. The van der Waals surface area contributed by atoms with Crippen molar-refractivity contribution in [1.82, 2.24) is 20.0 Å². The highest BCUT2D eigenvalue weighted by molar-refractivity contribution is 5.93. The molecule has 2 N–H and O–H groups in total. The average Bonchev–Trinajstić information content (AvgIpc) is 3.16. The van der Waals surface area contributed by atoms with Gasteiger partial charge in [0.25, 0.3) is 5.91 Å². The molecule has 2 heterocycles. The number of amides is 1. The summed E-state index contributed by atoms with van der Waals surface area (Å²) in [5.74, 6) is -1.43. The second kappa shape index (κ2) is 8.26. The van der Waals surface area contributed by atoms with Crippen molar-refractivity contribution in [2.24, 2.45) is 0 Å². The molecule has 0 saturated heterocycles. The third-order valence-electron chi connectivity index (χ3n) is 3.91. The molecule has 1 unspecified atom stereocenters. The van der Waals surface area contributed by atoms with Gasteiger partial charge < -0.3 is 10.4 Å². The Hall–Kier alpha value is -3.85. The van der Waals surface area contributed by atoms with Crippen LogP contribution in [0.3, 0.4) is 0 Å². The van der Waals surface area contributed by atoms with Crippen LogP contribution in [0.1, 0.15) is 11.3 Å². The molecule has 0 saturated carbocycles. The Kier molecular flexibility index (Phi) is 5.74. The molecule has 0 fully saturated rings. The fourth-order valence-electron chi connectivity index (χ4n) is 2.46. The Morgan fingerprint density at radius 1 is 1.30 bits per heavy atom. The van der Waals surface area contributed by atoms with Crippen LogP contribution in [0.2, 0.25) is 0 Å². The minimum absolute atomic E-state index is 0.337. The van der Waals surface area contributed by atoms with Gasteiger partial charge in [-0.3, -0.25) is 4.79 Å². The van der Waals surface area contributed by atoms with Crippen molar-refractivity contribution in [2.45, 2.75) is 18.8 Å². The second-order valence-corrected chi connectivity index (χ2v) is 6.07. The highest BCUT2D eigenvalue weighted by Gasteiger charge is 2.35. The summed E-state index contributed by atoms with van der Waals surface area (Å²) in [6.07, 6.45) is -4.22. The van der Waals surface area contributed by atoms with E-state index < -0.39 is 35.3 Å². The van der Waals surface area contributed by atoms with Crippen LogP contribution in [-0.4, -0.2) is 37.1 Å². The Labute approximate surface area is 166 Å². The molecule has 3 rings (SSSR count). The molecule has 1 amide bonds. The summed E-state index contributed by atoms with van der Waals surface area (Å²) in [5, 5.41) is 28.5. The van der Waals surface area contributed by atoms with E-state index in [1.165, 1.54) is 36.5 Å². The molecule has 0 bridgehead atoms. The third kappa shape index (κ3) is 4.76. The van der Waals surface area contributed by atoms with Crippen molar-refractivity contribution >= 4 is 11.6 Å². The van der Waals surface area contributed by atoms with Gasteiger partial charge in [-0.05, 0) is 30.3 Å². The van der Waals surface area contributed by atoms with Crippen LogP contribution in [0.25, 0.3) is 11.3 Å². The number of alkyl halides is 3. The monoisotopic (exact) mass is 420 g/mol. The quantitative estimate of drug-likeness (QED) is 0.612. The van der Waals surface area contributed by atoms with E-state index >= 15 is 0 Å². The molecule has 154 valence electrons. The summed E-state index contributed by atoms with van der Waals surface area (Å²) in [6, 6.07) is 7.30. The SMILES string of the molecule is N#Cc1ncc(NC(=O)C(O)Cn2cc(-c3ccc(F)cc3)nn2)cc1C(F)(F)F. The van der Waals surface area contributed by atoms with E-state index in [1.807, 2.05) is 0 Å². The van der Waals surface area contributed by atoms with Crippen molar-refractivity contribution < 1.29 is 27.5 Å². The zero-order valence-electron chi connectivity index (χ0n) is 14.9. The first kappa shape index (κ1) is 20.9. The molecular formula is C18H12F4N6O2. The van der Waals surface area contributed by atoms with Crippen LogP contribution < -0.4 is 5.32 Å². The topological polar surface area (TPSA) is 117 Å². The van der Waals surface area contributed by atoms with Crippen LogP contribution >= 0.6 is 0 Å². The zero-order chi connectivity index (χ0) is 21.9. The molecule has 3 aromatic rings. The maximum atomic E-state index is 13.0. The lowest BCUT2D eigenvalue weighted by atomic mass is 10.1. The molecule has 8 nitrogen and oxygen atoms in total. The summed E-state index contributed by atoms with van der Waals surface area (Å²) in [6.45, 7) is -0.337. The lowest BCUT2D eigenvalue weighted by Crippen LogP contribution is -2.32. The Morgan fingerprint density at radius 3 is 2.63 bits per heavy atom. The summed E-state index contributed by atoms with van der Waals surface area (Å²) >= 11 is 0. The molecule has 1 atom stereocenters. The molecule has 0 aliphatic carbocycles. The van der Waals surface area contributed by atoms with Gasteiger partial charge in [-0.15, -0.1) is 5.10 Å². The predicted molar refractivity (Wildman–Crippen MR) is 94.0 cm³/mol. The van der Waals surface area contributed by atoms with Gasteiger partial charge in [0.05, 0.1) is 30.2 Å². The first-order valence-electron chi connectivity index (χ1n) is 8.29. The number of nitrogens with zero attached hydrogens (tertiary/aromatic N) is 5. The van der Waals surface area contributed by atoms with E-state index in [2.05, 4.69) is 20.6 Å². The van der Waals surface area contributed by atoms with Crippen LogP contribution in [0.4, 0.5) is 23.2 Å². The van der Waals surface area contributed by atoms with Crippen LogP contribution in [0.5, 0.6) is 0 Å². The number of hydrogen-bond acceptors (Lipinski definition) is 6. The largest absolute Gasteiger partial charge is 0.419 e. The molecule has 12 heteroatoms. The minimum Gasteiger partial charge on any atom is -0.381 e. The first-order chi connectivity index (χ1) is 14.2.